The molecule has 2 aromatic rings. The van der Waals surface area contributed by atoms with Crippen LogP contribution in [0.5, 0.6) is 0 Å². The predicted molar refractivity (Wildman–Crippen MR) is 85.4 cm³/mol. The lowest BCUT2D eigenvalue weighted by Crippen LogP contribution is -2.30. The third kappa shape index (κ3) is 3.15. The van der Waals surface area contributed by atoms with E-state index in [1.54, 1.807) is 0 Å². The van der Waals surface area contributed by atoms with Gasteiger partial charge in [0.25, 0.3) is 0 Å². The third-order valence-electron chi connectivity index (χ3n) is 4.21. The molecule has 1 heterocycles. The van der Waals surface area contributed by atoms with Crippen molar-refractivity contribution in [3.05, 3.63) is 70.8 Å². The maximum Gasteiger partial charge on any atom is 0.220 e. The number of nitrogens with one attached hydrogen (secondary N) is 1. The highest BCUT2D eigenvalue weighted by Crippen LogP contribution is 2.31. The van der Waals surface area contributed by atoms with Crippen molar-refractivity contribution in [3.8, 4) is 0 Å². The summed E-state index contributed by atoms with van der Waals surface area (Å²) in [5.41, 5.74) is 5.09. The van der Waals surface area contributed by atoms with E-state index in [9.17, 15) is 4.79 Å². The second-order valence-electron chi connectivity index (χ2n) is 6.10. The number of carbonyl (C=O) groups is 1. The van der Waals surface area contributed by atoms with Gasteiger partial charge in [0.15, 0.2) is 0 Å². The first-order valence-corrected chi connectivity index (χ1v) is 7.53. The van der Waals surface area contributed by atoms with Crippen LogP contribution in [0.15, 0.2) is 48.5 Å². The zero-order chi connectivity index (χ0) is 14.8. The largest absolute Gasteiger partial charge is 0.352 e. The number of rotatable bonds is 3. The smallest absolute Gasteiger partial charge is 0.220 e. The fourth-order valence-corrected chi connectivity index (χ4v) is 3.34. The summed E-state index contributed by atoms with van der Waals surface area (Å²) in [6.45, 7) is 4.24. The van der Waals surface area contributed by atoms with E-state index in [0.29, 0.717) is 6.42 Å². The van der Waals surface area contributed by atoms with Crippen molar-refractivity contribution in [3.63, 3.8) is 0 Å². The minimum absolute atomic E-state index is 0.167. The van der Waals surface area contributed by atoms with Gasteiger partial charge < -0.3 is 5.32 Å². The maximum atomic E-state index is 11.9. The van der Waals surface area contributed by atoms with Crippen LogP contribution in [0.25, 0.3) is 0 Å². The zero-order valence-corrected chi connectivity index (χ0v) is 12.6. The van der Waals surface area contributed by atoms with Gasteiger partial charge in [0, 0.05) is 18.4 Å². The standard InChI is InChI=1S/C19H21NO/c1-13-8-14(2)10-16(9-13)17-12-19(21)20-18(17)11-15-6-4-3-5-7-15/h3-10,17-18H,11-12H2,1-2H3,(H,20,21). The highest BCUT2D eigenvalue weighted by atomic mass is 16.2. The highest BCUT2D eigenvalue weighted by Gasteiger charge is 2.33. The minimum atomic E-state index is 0.167. The van der Waals surface area contributed by atoms with Gasteiger partial charge in [0.2, 0.25) is 5.91 Å². The summed E-state index contributed by atoms with van der Waals surface area (Å²) in [5, 5.41) is 3.15. The van der Waals surface area contributed by atoms with Gasteiger partial charge in [0.05, 0.1) is 0 Å². The van der Waals surface area contributed by atoms with Gasteiger partial charge in [-0.05, 0) is 31.4 Å². The number of amides is 1. The first kappa shape index (κ1) is 13.9. The summed E-state index contributed by atoms with van der Waals surface area (Å²) in [6, 6.07) is 17.2. The molecule has 1 fully saturated rings. The van der Waals surface area contributed by atoms with E-state index in [2.05, 4.69) is 61.6 Å². The molecule has 0 radical (unpaired) electrons. The van der Waals surface area contributed by atoms with E-state index >= 15 is 0 Å². The van der Waals surface area contributed by atoms with Crippen LogP contribution in [0, 0.1) is 13.8 Å². The van der Waals surface area contributed by atoms with E-state index in [1.807, 2.05) is 6.07 Å². The molecule has 2 aromatic carbocycles. The van der Waals surface area contributed by atoms with E-state index in [-0.39, 0.29) is 17.9 Å². The molecule has 108 valence electrons. The van der Waals surface area contributed by atoms with E-state index in [0.717, 1.165) is 6.42 Å². The van der Waals surface area contributed by atoms with Crippen LogP contribution in [-0.4, -0.2) is 11.9 Å². The second kappa shape index (κ2) is 5.72. The average molecular weight is 279 g/mol. The van der Waals surface area contributed by atoms with Gasteiger partial charge in [-0.1, -0.05) is 59.7 Å². The summed E-state index contributed by atoms with van der Waals surface area (Å²) < 4.78 is 0. The van der Waals surface area contributed by atoms with Crippen molar-refractivity contribution in [1.29, 1.82) is 0 Å². The van der Waals surface area contributed by atoms with Crippen molar-refractivity contribution in [1.82, 2.24) is 5.32 Å². The molecule has 2 nitrogen and oxygen atoms in total. The molecule has 2 atom stereocenters. The number of hydrogen-bond donors (Lipinski definition) is 1. The molecular formula is C19H21NO. The average Bonchev–Trinajstić information content (AvgIpc) is 2.80. The third-order valence-corrected chi connectivity index (χ3v) is 4.21. The second-order valence-corrected chi connectivity index (χ2v) is 6.10. The molecule has 1 aliphatic heterocycles. The number of hydrogen-bond acceptors (Lipinski definition) is 1. The molecule has 0 aromatic heterocycles. The molecule has 1 N–H and O–H groups in total. The Bertz CT molecular complexity index is 628. The van der Waals surface area contributed by atoms with E-state index in [4.69, 9.17) is 0 Å². The Morgan fingerprint density at radius 3 is 2.38 bits per heavy atom. The normalized spacial score (nSPS) is 21.3. The van der Waals surface area contributed by atoms with Crippen molar-refractivity contribution in [2.75, 3.05) is 0 Å². The first-order chi connectivity index (χ1) is 10.1. The van der Waals surface area contributed by atoms with Crippen LogP contribution in [0.2, 0.25) is 0 Å². The quantitative estimate of drug-likeness (QED) is 0.915. The van der Waals surface area contributed by atoms with Gasteiger partial charge in [-0.15, -0.1) is 0 Å². The Balaban J connectivity index is 1.87. The monoisotopic (exact) mass is 279 g/mol. The molecule has 21 heavy (non-hydrogen) atoms. The van der Waals surface area contributed by atoms with Crippen LogP contribution in [0.1, 0.15) is 34.6 Å². The number of carbonyl (C=O) groups excluding carboxylic acids is 1. The maximum absolute atomic E-state index is 11.9. The molecule has 0 bridgehead atoms. The molecule has 1 amide bonds. The molecule has 1 saturated heterocycles. The molecule has 0 saturated carbocycles. The Morgan fingerprint density at radius 1 is 1.05 bits per heavy atom. The van der Waals surface area contributed by atoms with Gasteiger partial charge in [-0.2, -0.15) is 0 Å². The molecular weight excluding hydrogens is 258 g/mol. The molecule has 1 aliphatic rings. The fraction of sp³-hybridized carbons (Fsp3) is 0.316. The SMILES string of the molecule is Cc1cc(C)cc(C2CC(=O)NC2Cc2ccccc2)c1. The highest BCUT2D eigenvalue weighted by molar-refractivity contribution is 5.80. The van der Waals surface area contributed by atoms with Crippen molar-refractivity contribution in [2.24, 2.45) is 0 Å². The zero-order valence-electron chi connectivity index (χ0n) is 12.6. The Hall–Kier alpha value is -2.09. The number of aryl methyl sites for hydroxylation is 2. The molecule has 2 heteroatoms. The summed E-state index contributed by atoms with van der Waals surface area (Å²) in [4.78, 5) is 11.9. The van der Waals surface area contributed by atoms with Crippen LogP contribution < -0.4 is 5.32 Å². The van der Waals surface area contributed by atoms with Gasteiger partial charge in [-0.3, -0.25) is 4.79 Å². The Labute approximate surface area is 126 Å². The lowest BCUT2D eigenvalue weighted by Gasteiger charge is -2.20. The van der Waals surface area contributed by atoms with Crippen molar-refractivity contribution >= 4 is 5.91 Å². The first-order valence-electron chi connectivity index (χ1n) is 7.53. The van der Waals surface area contributed by atoms with Crippen molar-refractivity contribution < 1.29 is 4.79 Å². The minimum Gasteiger partial charge on any atom is -0.352 e. The summed E-state index contributed by atoms with van der Waals surface area (Å²) in [5.74, 6) is 0.441. The Kier molecular flexibility index (Phi) is 3.78. The lowest BCUT2D eigenvalue weighted by molar-refractivity contribution is -0.119. The molecule has 0 aliphatic carbocycles. The van der Waals surface area contributed by atoms with Gasteiger partial charge in [-0.25, -0.2) is 0 Å². The predicted octanol–water partition coefficient (Wildman–Crippen LogP) is 3.52. The summed E-state index contributed by atoms with van der Waals surface area (Å²) in [6.07, 6.45) is 1.49. The van der Waals surface area contributed by atoms with Crippen LogP contribution in [0.4, 0.5) is 0 Å². The van der Waals surface area contributed by atoms with Crippen LogP contribution in [-0.2, 0) is 11.2 Å². The van der Waals surface area contributed by atoms with Crippen LogP contribution >= 0.6 is 0 Å². The molecule has 0 spiro atoms. The van der Waals surface area contributed by atoms with E-state index in [1.165, 1.54) is 22.3 Å². The molecule has 2 unspecified atom stereocenters. The van der Waals surface area contributed by atoms with Gasteiger partial charge >= 0.3 is 0 Å². The van der Waals surface area contributed by atoms with Gasteiger partial charge in [0.1, 0.15) is 0 Å². The molecule has 3 rings (SSSR count). The fourth-order valence-electron chi connectivity index (χ4n) is 3.34. The lowest BCUT2D eigenvalue weighted by atomic mass is 9.87. The Morgan fingerprint density at radius 2 is 1.71 bits per heavy atom. The summed E-state index contributed by atoms with van der Waals surface area (Å²) >= 11 is 0. The van der Waals surface area contributed by atoms with Crippen molar-refractivity contribution in [2.45, 2.75) is 38.6 Å². The van der Waals surface area contributed by atoms with E-state index < -0.39 is 0 Å². The summed E-state index contributed by atoms with van der Waals surface area (Å²) in [7, 11) is 0. The topological polar surface area (TPSA) is 29.1 Å². The van der Waals surface area contributed by atoms with Crippen LogP contribution in [0.3, 0.4) is 0 Å². The number of benzene rings is 2.